The fraction of sp³-hybridized carbons (Fsp3) is 0.857. The van der Waals surface area contributed by atoms with E-state index in [1.165, 1.54) is 0 Å². The van der Waals surface area contributed by atoms with Crippen LogP contribution in [0.5, 0.6) is 0 Å². The first-order chi connectivity index (χ1) is 4.59. The minimum absolute atomic E-state index is 0.00417. The summed E-state index contributed by atoms with van der Waals surface area (Å²) in [5.41, 5.74) is 0. The Labute approximate surface area is 69.9 Å². The molecule has 0 amide bonds. The number of ether oxygens (including phenoxy) is 1. The number of esters is 1. The maximum atomic E-state index is 11.0. The van der Waals surface area contributed by atoms with Gasteiger partial charge in [-0.2, -0.15) is 0 Å². The zero-order valence-corrected chi connectivity index (χ0v) is 9.60. The summed E-state index contributed by atoms with van der Waals surface area (Å²) < 4.78 is 5.08. The van der Waals surface area contributed by atoms with E-state index in [1.807, 2.05) is 13.8 Å². The molecule has 3 heteroatoms. The molecule has 0 rings (SSSR count). The van der Waals surface area contributed by atoms with Crippen LogP contribution in [0.4, 0.5) is 0 Å². The number of carbonyl (C=O) groups is 1. The molecule has 2 nitrogen and oxygen atoms in total. The molecule has 0 saturated carbocycles. The Morgan fingerprint density at radius 3 is 2.40 bits per heavy atom. The van der Waals surface area contributed by atoms with Gasteiger partial charge in [0.2, 0.25) is 0 Å². The zero-order valence-electron chi connectivity index (χ0n) is 7.05. The topological polar surface area (TPSA) is 26.3 Å². The Morgan fingerprint density at radius 2 is 2.10 bits per heavy atom. The van der Waals surface area contributed by atoms with Crippen LogP contribution in [0.2, 0.25) is 13.6 Å². The number of hydrogen-bond donors (Lipinski definition) is 0. The standard InChI is InChI=1S/C5H9O2.2CH3.Sb/c1-3-5(6)7-4-2;;;/h3H,4H2,1-2H3;2*1H3;. The molecule has 60 valence electrons. The first-order valence-electron chi connectivity index (χ1n) is 3.42. The van der Waals surface area contributed by atoms with Crippen LogP contribution >= 0.6 is 0 Å². The Hall–Kier alpha value is 0.288. The maximum absolute atomic E-state index is 11.0. The third kappa shape index (κ3) is 3.46. The molecule has 0 aromatic heterocycles. The van der Waals surface area contributed by atoms with Crippen molar-refractivity contribution in [3.05, 3.63) is 0 Å². The summed E-state index contributed by atoms with van der Waals surface area (Å²) in [6.07, 6.45) is 0. The molecule has 0 fully saturated rings. The third-order valence-electron chi connectivity index (χ3n) is 1.40. The molecule has 0 aliphatic rings. The van der Waals surface area contributed by atoms with Gasteiger partial charge in [0, 0.05) is 0 Å². The van der Waals surface area contributed by atoms with Gasteiger partial charge in [-0.25, -0.2) is 0 Å². The molecule has 10 heavy (non-hydrogen) atoms. The van der Waals surface area contributed by atoms with Crippen LogP contribution in [-0.2, 0) is 9.53 Å². The summed E-state index contributed by atoms with van der Waals surface area (Å²) in [6, 6.07) is 0. The normalized spacial score (nSPS) is 13.3. The van der Waals surface area contributed by atoms with E-state index in [-0.39, 0.29) is 9.83 Å². The Kier molecular flexibility index (Phi) is 5.15. The van der Waals surface area contributed by atoms with Crippen molar-refractivity contribution < 1.29 is 9.53 Å². The van der Waals surface area contributed by atoms with Crippen molar-refractivity contribution in [3.8, 4) is 0 Å². The molecular formula is C7H15O2Sb. The van der Waals surface area contributed by atoms with Crippen molar-refractivity contribution in [1.29, 1.82) is 0 Å². The van der Waals surface area contributed by atoms with Gasteiger partial charge in [0.05, 0.1) is 0 Å². The van der Waals surface area contributed by atoms with Gasteiger partial charge in [0.15, 0.2) is 0 Å². The molecule has 0 bridgehead atoms. The van der Waals surface area contributed by atoms with Crippen LogP contribution in [0.3, 0.4) is 0 Å². The van der Waals surface area contributed by atoms with Crippen LogP contribution in [0.1, 0.15) is 13.8 Å². The second-order valence-corrected chi connectivity index (χ2v) is 10.1. The van der Waals surface area contributed by atoms with E-state index >= 15 is 0 Å². The van der Waals surface area contributed by atoms with E-state index in [4.69, 9.17) is 4.74 Å². The molecule has 0 heterocycles. The van der Waals surface area contributed by atoms with Crippen molar-refractivity contribution in [2.45, 2.75) is 27.5 Å². The van der Waals surface area contributed by atoms with Crippen LogP contribution < -0.4 is 0 Å². The quantitative estimate of drug-likeness (QED) is 0.565. The molecule has 0 aromatic rings. The van der Waals surface area contributed by atoms with Gasteiger partial charge in [-0.1, -0.05) is 0 Å². The molecular weight excluding hydrogens is 238 g/mol. The summed E-state index contributed by atoms with van der Waals surface area (Å²) in [7, 11) is 0. The van der Waals surface area contributed by atoms with Gasteiger partial charge in [-0.15, -0.1) is 0 Å². The summed E-state index contributed by atoms with van der Waals surface area (Å²) in [5, 5.41) is 0. The Morgan fingerprint density at radius 1 is 1.60 bits per heavy atom. The monoisotopic (exact) mass is 252 g/mol. The van der Waals surface area contributed by atoms with Crippen LogP contribution in [0.25, 0.3) is 0 Å². The molecule has 0 aliphatic carbocycles. The van der Waals surface area contributed by atoms with Gasteiger partial charge in [0.1, 0.15) is 0 Å². The van der Waals surface area contributed by atoms with Crippen molar-refractivity contribution in [3.63, 3.8) is 0 Å². The third-order valence-corrected chi connectivity index (χ3v) is 6.43. The van der Waals surface area contributed by atoms with E-state index in [2.05, 4.69) is 9.74 Å². The van der Waals surface area contributed by atoms with Crippen molar-refractivity contribution in [1.82, 2.24) is 0 Å². The second kappa shape index (κ2) is 5.01. The van der Waals surface area contributed by atoms with Crippen LogP contribution in [0.15, 0.2) is 0 Å². The summed E-state index contributed by atoms with van der Waals surface area (Å²) in [4.78, 5) is 15.4. The molecule has 0 radical (unpaired) electrons. The van der Waals surface area contributed by atoms with Gasteiger partial charge in [-0.05, 0) is 0 Å². The average molecular weight is 253 g/mol. The van der Waals surface area contributed by atoms with Crippen LogP contribution in [0, 0.1) is 0 Å². The first-order valence-corrected chi connectivity index (χ1v) is 10.0. The SMILES string of the molecule is CCOC(=O)[CH](C)[Sb]([CH3])[CH3]. The van der Waals surface area contributed by atoms with E-state index in [1.54, 1.807) is 0 Å². The molecule has 0 N–H and O–H groups in total. The zero-order chi connectivity index (χ0) is 8.15. The van der Waals surface area contributed by atoms with Crippen molar-refractivity contribution >= 4 is 26.2 Å². The fourth-order valence-electron chi connectivity index (χ4n) is 0.474. The molecule has 1 unspecified atom stereocenters. The van der Waals surface area contributed by atoms with E-state index < -0.39 is 20.2 Å². The molecule has 0 aromatic carbocycles. The summed E-state index contributed by atoms with van der Waals surface area (Å²) in [5.74, 6) is -0.00417. The first kappa shape index (κ1) is 10.3. The van der Waals surface area contributed by atoms with Crippen LogP contribution in [-0.4, -0.2) is 32.8 Å². The number of carbonyl (C=O) groups excluding carboxylic acids is 1. The average Bonchev–Trinajstić information content (AvgIpc) is 1.87. The second-order valence-electron chi connectivity index (χ2n) is 2.39. The van der Waals surface area contributed by atoms with E-state index in [0.29, 0.717) is 6.61 Å². The van der Waals surface area contributed by atoms with E-state index in [9.17, 15) is 4.79 Å². The molecule has 0 saturated heterocycles. The van der Waals surface area contributed by atoms with Gasteiger partial charge < -0.3 is 0 Å². The fourth-order valence-corrected chi connectivity index (χ4v) is 1.89. The summed E-state index contributed by atoms with van der Waals surface area (Å²) in [6.45, 7) is 4.33. The predicted molar refractivity (Wildman–Crippen MR) is 43.5 cm³/mol. The minimum atomic E-state index is -1.21. The Bertz CT molecular complexity index is 112. The Balaban J connectivity index is 3.71. The predicted octanol–water partition coefficient (Wildman–Crippen LogP) is 1.69. The molecule has 0 aliphatic heterocycles. The van der Waals surface area contributed by atoms with E-state index in [0.717, 1.165) is 0 Å². The van der Waals surface area contributed by atoms with Gasteiger partial charge >= 0.3 is 69.8 Å². The van der Waals surface area contributed by atoms with Gasteiger partial charge in [0.25, 0.3) is 0 Å². The summed E-state index contributed by atoms with van der Waals surface area (Å²) >= 11 is -1.21. The molecule has 0 spiro atoms. The van der Waals surface area contributed by atoms with Crippen molar-refractivity contribution in [2.24, 2.45) is 0 Å². The number of hydrogen-bond acceptors (Lipinski definition) is 2. The number of rotatable bonds is 3. The van der Waals surface area contributed by atoms with Crippen molar-refractivity contribution in [2.75, 3.05) is 6.61 Å². The molecule has 1 atom stereocenters. The van der Waals surface area contributed by atoms with Gasteiger partial charge in [-0.3, -0.25) is 0 Å².